The van der Waals surface area contributed by atoms with Crippen molar-refractivity contribution in [3.63, 3.8) is 0 Å². The van der Waals surface area contributed by atoms with Gasteiger partial charge in [-0.3, -0.25) is 0 Å². The van der Waals surface area contributed by atoms with E-state index in [9.17, 15) is 0 Å². The van der Waals surface area contributed by atoms with Crippen LogP contribution in [0.3, 0.4) is 0 Å². The zero-order valence-corrected chi connectivity index (χ0v) is 11.2. The van der Waals surface area contributed by atoms with Crippen molar-refractivity contribution in [3.05, 3.63) is 29.8 Å². The van der Waals surface area contributed by atoms with E-state index in [1.807, 2.05) is 12.1 Å². The van der Waals surface area contributed by atoms with Gasteiger partial charge in [0.05, 0.1) is 12.7 Å². The molecule has 0 amide bonds. The van der Waals surface area contributed by atoms with Gasteiger partial charge in [0.2, 0.25) is 0 Å². The number of rotatable bonds is 6. The molecule has 3 heteroatoms. The number of nitrogens with one attached hydrogen (secondary N) is 1. The van der Waals surface area contributed by atoms with Crippen LogP contribution in [0.25, 0.3) is 0 Å². The summed E-state index contributed by atoms with van der Waals surface area (Å²) < 4.78 is 11.4. The molecule has 1 aromatic carbocycles. The molecule has 1 aliphatic heterocycles. The van der Waals surface area contributed by atoms with Crippen molar-refractivity contribution in [2.24, 2.45) is 0 Å². The molecule has 1 N–H and O–H groups in total. The van der Waals surface area contributed by atoms with Crippen LogP contribution in [0.2, 0.25) is 0 Å². The van der Waals surface area contributed by atoms with Gasteiger partial charge in [0.1, 0.15) is 12.4 Å². The Bertz CT molecular complexity index is 331. The highest BCUT2D eigenvalue weighted by Gasteiger charge is 2.12. The number of aryl methyl sites for hydroxylation is 1. The highest BCUT2D eigenvalue weighted by molar-refractivity contribution is 5.27. The summed E-state index contributed by atoms with van der Waals surface area (Å²) >= 11 is 0. The second-order valence-electron chi connectivity index (χ2n) is 4.67. The lowest BCUT2D eigenvalue weighted by Gasteiger charge is -2.22. The third-order valence-corrected chi connectivity index (χ3v) is 3.32. The second kappa shape index (κ2) is 7.39. The highest BCUT2D eigenvalue weighted by atomic mass is 16.5. The lowest BCUT2D eigenvalue weighted by Crippen LogP contribution is -2.33. The molecule has 1 heterocycles. The highest BCUT2D eigenvalue weighted by Crippen LogP contribution is 2.13. The molecule has 0 radical (unpaired) electrons. The van der Waals surface area contributed by atoms with Crippen LogP contribution < -0.4 is 10.1 Å². The van der Waals surface area contributed by atoms with E-state index in [-0.39, 0.29) is 0 Å². The predicted octanol–water partition coefficient (Wildman–Crippen LogP) is 2.40. The molecule has 0 aliphatic carbocycles. The van der Waals surface area contributed by atoms with Gasteiger partial charge >= 0.3 is 0 Å². The van der Waals surface area contributed by atoms with Crippen molar-refractivity contribution in [1.82, 2.24) is 5.32 Å². The normalized spacial score (nSPS) is 16.7. The molecule has 1 aromatic rings. The standard InChI is InChI=1S/C15H23NO2/c1-2-13-3-5-14(6-4-13)17-11-12-18-15-7-9-16-10-8-15/h3-6,15-16H,2,7-12H2,1H3. The summed E-state index contributed by atoms with van der Waals surface area (Å²) in [5.74, 6) is 0.932. The van der Waals surface area contributed by atoms with Gasteiger partial charge in [0.15, 0.2) is 0 Å². The largest absolute Gasteiger partial charge is 0.491 e. The van der Waals surface area contributed by atoms with Crippen molar-refractivity contribution in [1.29, 1.82) is 0 Å². The van der Waals surface area contributed by atoms with Gasteiger partial charge in [-0.05, 0) is 50.0 Å². The van der Waals surface area contributed by atoms with Gasteiger partial charge < -0.3 is 14.8 Å². The minimum absolute atomic E-state index is 0.414. The number of piperidine rings is 1. The number of benzene rings is 1. The molecule has 0 bridgehead atoms. The second-order valence-corrected chi connectivity index (χ2v) is 4.67. The van der Waals surface area contributed by atoms with Gasteiger partial charge in [0.25, 0.3) is 0 Å². The van der Waals surface area contributed by atoms with Gasteiger partial charge in [-0.1, -0.05) is 19.1 Å². The summed E-state index contributed by atoms with van der Waals surface area (Å²) in [6.45, 7) is 5.62. The minimum atomic E-state index is 0.414. The van der Waals surface area contributed by atoms with Crippen molar-refractivity contribution in [3.8, 4) is 5.75 Å². The lowest BCUT2D eigenvalue weighted by molar-refractivity contribution is 0.0168. The zero-order valence-electron chi connectivity index (χ0n) is 11.2. The Hall–Kier alpha value is -1.06. The van der Waals surface area contributed by atoms with Crippen LogP contribution in [-0.2, 0) is 11.2 Å². The van der Waals surface area contributed by atoms with E-state index >= 15 is 0 Å². The smallest absolute Gasteiger partial charge is 0.119 e. The van der Waals surface area contributed by atoms with E-state index in [1.165, 1.54) is 5.56 Å². The Morgan fingerprint density at radius 1 is 1.11 bits per heavy atom. The van der Waals surface area contributed by atoms with Crippen LogP contribution in [0.15, 0.2) is 24.3 Å². The average molecular weight is 249 g/mol. The molecule has 3 nitrogen and oxygen atoms in total. The molecule has 0 spiro atoms. The topological polar surface area (TPSA) is 30.5 Å². The van der Waals surface area contributed by atoms with Crippen LogP contribution in [-0.4, -0.2) is 32.4 Å². The molecule has 0 aromatic heterocycles. The monoisotopic (exact) mass is 249 g/mol. The summed E-state index contributed by atoms with van der Waals surface area (Å²) in [6.07, 6.45) is 3.72. The fraction of sp³-hybridized carbons (Fsp3) is 0.600. The van der Waals surface area contributed by atoms with Crippen molar-refractivity contribution in [2.45, 2.75) is 32.3 Å². The maximum Gasteiger partial charge on any atom is 0.119 e. The number of hydrogen-bond donors (Lipinski definition) is 1. The molecule has 0 atom stereocenters. The summed E-state index contributed by atoms with van der Waals surface area (Å²) in [4.78, 5) is 0. The Labute approximate surface area is 109 Å². The van der Waals surface area contributed by atoms with Crippen molar-refractivity contribution < 1.29 is 9.47 Å². The number of hydrogen-bond acceptors (Lipinski definition) is 3. The maximum absolute atomic E-state index is 5.78. The molecule has 1 saturated heterocycles. The Morgan fingerprint density at radius 2 is 1.83 bits per heavy atom. The van der Waals surface area contributed by atoms with Crippen molar-refractivity contribution in [2.75, 3.05) is 26.3 Å². The quantitative estimate of drug-likeness (QED) is 0.785. The Balaban J connectivity index is 1.62. The van der Waals surface area contributed by atoms with E-state index in [4.69, 9.17) is 9.47 Å². The van der Waals surface area contributed by atoms with E-state index in [0.29, 0.717) is 19.3 Å². The molecule has 2 rings (SSSR count). The van der Waals surface area contributed by atoms with E-state index in [1.54, 1.807) is 0 Å². The predicted molar refractivity (Wildman–Crippen MR) is 73.2 cm³/mol. The fourth-order valence-corrected chi connectivity index (χ4v) is 2.16. The first-order chi connectivity index (χ1) is 8.88. The summed E-state index contributed by atoms with van der Waals surface area (Å²) in [5, 5.41) is 3.33. The van der Waals surface area contributed by atoms with E-state index < -0.39 is 0 Å². The third kappa shape index (κ3) is 4.31. The molecular weight excluding hydrogens is 226 g/mol. The van der Waals surface area contributed by atoms with Gasteiger partial charge in [-0.25, -0.2) is 0 Å². The maximum atomic E-state index is 5.78. The summed E-state index contributed by atoms with van der Waals surface area (Å²) in [6, 6.07) is 8.29. The van der Waals surface area contributed by atoms with Crippen LogP contribution in [0.4, 0.5) is 0 Å². The molecule has 1 aliphatic rings. The van der Waals surface area contributed by atoms with Crippen LogP contribution in [0.5, 0.6) is 5.75 Å². The van der Waals surface area contributed by atoms with Crippen LogP contribution in [0, 0.1) is 0 Å². The molecule has 18 heavy (non-hydrogen) atoms. The zero-order chi connectivity index (χ0) is 12.6. The number of ether oxygens (including phenoxy) is 2. The van der Waals surface area contributed by atoms with Crippen LogP contribution in [0.1, 0.15) is 25.3 Å². The Kier molecular flexibility index (Phi) is 5.49. The first-order valence-corrected chi connectivity index (χ1v) is 6.92. The molecule has 1 fully saturated rings. The van der Waals surface area contributed by atoms with Crippen molar-refractivity contribution >= 4 is 0 Å². The van der Waals surface area contributed by atoms with Gasteiger partial charge in [0, 0.05) is 0 Å². The van der Waals surface area contributed by atoms with Gasteiger partial charge in [-0.15, -0.1) is 0 Å². The van der Waals surface area contributed by atoms with E-state index in [2.05, 4.69) is 24.4 Å². The first kappa shape index (κ1) is 13.4. The minimum Gasteiger partial charge on any atom is -0.491 e. The molecule has 0 saturated carbocycles. The summed E-state index contributed by atoms with van der Waals surface area (Å²) in [7, 11) is 0. The first-order valence-electron chi connectivity index (χ1n) is 6.92. The molecule has 100 valence electrons. The average Bonchev–Trinajstić information content (AvgIpc) is 2.45. The fourth-order valence-electron chi connectivity index (χ4n) is 2.16. The summed E-state index contributed by atoms with van der Waals surface area (Å²) in [5.41, 5.74) is 1.34. The molecule has 0 unspecified atom stereocenters. The van der Waals surface area contributed by atoms with Crippen LogP contribution >= 0.6 is 0 Å². The van der Waals surface area contributed by atoms with E-state index in [0.717, 1.165) is 38.1 Å². The third-order valence-electron chi connectivity index (χ3n) is 3.32. The SMILES string of the molecule is CCc1ccc(OCCOC2CCNCC2)cc1. The molecular formula is C15H23NO2. The van der Waals surface area contributed by atoms with Gasteiger partial charge in [-0.2, -0.15) is 0 Å². The lowest BCUT2D eigenvalue weighted by atomic mass is 10.1. The Morgan fingerprint density at radius 3 is 2.50 bits per heavy atom.